The van der Waals surface area contributed by atoms with Crippen LogP contribution in [0.2, 0.25) is 5.02 Å². The molecule has 0 aromatic heterocycles. The number of hydrogen-bond acceptors (Lipinski definition) is 6. The molecule has 15 heteroatoms. The minimum Gasteiger partial charge on any atom is -0.475 e. The number of alkyl halides is 3. The number of aliphatic carboxylic acids is 1. The maximum Gasteiger partial charge on any atom is 0.490 e. The standard InChI is InChI=1S/C21H26ClFN4O3S.C2HF3O2/c1-14(2)13-25-21(28)17-11-15(3-6-20(17)27-9-7-24-8-10-27)26-31(29,30)16-4-5-19(23)18(22)12-16;3-2(4,5)1(6)7/h3-6,11-12,14,24,26H,7-10,13H2,1-2H3,(H,25,28);(H,6,7). The zero-order valence-electron chi connectivity index (χ0n) is 20.4. The number of amides is 1. The highest BCUT2D eigenvalue weighted by Crippen LogP contribution is 2.27. The highest BCUT2D eigenvalue weighted by Gasteiger charge is 2.38. The van der Waals surface area contributed by atoms with Crippen LogP contribution in [-0.4, -0.2) is 64.3 Å². The van der Waals surface area contributed by atoms with Crippen molar-refractivity contribution in [3.63, 3.8) is 0 Å². The molecule has 0 aliphatic carbocycles. The molecule has 38 heavy (non-hydrogen) atoms. The molecule has 0 atom stereocenters. The summed E-state index contributed by atoms with van der Waals surface area (Å²) in [7, 11) is -4.01. The first-order valence-corrected chi connectivity index (χ1v) is 13.1. The molecule has 0 radical (unpaired) electrons. The van der Waals surface area contributed by atoms with Gasteiger partial charge in [-0.25, -0.2) is 17.6 Å². The van der Waals surface area contributed by atoms with Crippen LogP contribution in [-0.2, 0) is 14.8 Å². The van der Waals surface area contributed by atoms with Crippen LogP contribution in [0.3, 0.4) is 0 Å². The van der Waals surface area contributed by atoms with Crippen LogP contribution in [0, 0.1) is 11.7 Å². The summed E-state index contributed by atoms with van der Waals surface area (Å²) in [6.07, 6.45) is -5.08. The molecule has 1 heterocycles. The van der Waals surface area contributed by atoms with Crippen molar-refractivity contribution in [3.8, 4) is 0 Å². The lowest BCUT2D eigenvalue weighted by Gasteiger charge is -2.31. The van der Waals surface area contributed by atoms with E-state index in [1.807, 2.05) is 13.8 Å². The van der Waals surface area contributed by atoms with E-state index in [-0.39, 0.29) is 27.4 Å². The third-order valence-electron chi connectivity index (χ3n) is 5.07. The minimum absolute atomic E-state index is 0.170. The minimum atomic E-state index is -5.08. The van der Waals surface area contributed by atoms with Crippen molar-refractivity contribution in [2.24, 2.45) is 5.92 Å². The number of nitrogens with zero attached hydrogens (tertiary/aromatic N) is 1. The maximum absolute atomic E-state index is 13.4. The first-order chi connectivity index (χ1) is 17.6. The molecule has 4 N–H and O–H groups in total. The normalized spacial score (nSPS) is 13.9. The molecule has 9 nitrogen and oxygen atoms in total. The molecule has 1 saturated heterocycles. The van der Waals surface area contributed by atoms with Gasteiger partial charge in [-0.15, -0.1) is 0 Å². The Bertz CT molecular complexity index is 1250. The van der Waals surface area contributed by atoms with Gasteiger partial charge in [0.2, 0.25) is 0 Å². The predicted molar refractivity (Wildman–Crippen MR) is 135 cm³/mol. The van der Waals surface area contributed by atoms with Crippen LogP contribution in [0.5, 0.6) is 0 Å². The SMILES string of the molecule is CC(C)CNC(=O)c1cc(NS(=O)(=O)c2ccc(F)c(Cl)c2)ccc1N1CCNCC1.O=C(O)C(F)(F)F. The maximum atomic E-state index is 13.4. The van der Waals surface area contributed by atoms with Gasteiger partial charge in [-0.3, -0.25) is 9.52 Å². The Morgan fingerprint density at radius 2 is 1.74 bits per heavy atom. The van der Waals surface area contributed by atoms with Gasteiger partial charge in [-0.2, -0.15) is 13.2 Å². The lowest BCUT2D eigenvalue weighted by molar-refractivity contribution is -0.192. The van der Waals surface area contributed by atoms with Crippen LogP contribution in [0.1, 0.15) is 24.2 Å². The Labute approximate surface area is 222 Å². The number of benzene rings is 2. The van der Waals surface area contributed by atoms with Gasteiger partial charge >= 0.3 is 12.1 Å². The molecule has 2 aromatic carbocycles. The van der Waals surface area contributed by atoms with Crippen LogP contribution in [0.4, 0.5) is 28.9 Å². The van der Waals surface area contributed by atoms with E-state index >= 15 is 0 Å². The van der Waals surface area contributed by atoms with Crippen molar-refractivity contribution < 1.29 is 40.7 Å². The molecule has 0 saturated carbocycles. The molecule has 0 unspecified atom stereocenters. The second kappa shape index (κ2) is 13.1. The number of carbonyl (C=O) groups is 2. The molecular formula is C23H27ClF4N4O5S. The fraction of sp³-hybridized carbons (Fsp3) is 0.391. The average molecular weight is 583 g/mol. The largest absolute Gasteiger partial charge is 0.490 e. The topological polar surface area (TPSA) is 128 Å². The van der Waals surface area contributed by atoms with Gasteiger partial charge in [-0.1, -0.05) is 25.4 Å². The number of carboxylic acid groups (broad SMARTS) is 1. The van der Waals surface area contributed by atoms with Crippen LogP contribution >= 0.6 is 11.6 Å². The number of carboxylic acids is 1. The van der Waals surface area contributed by atoms with Crippen molar-refractivity contribution in [3.05, 3.63) is 52.8 Å². The molecule has 210 valence electrons. The Hall–Kier alpha value is -3.10. The zero-order chi connectivity index (χ0) is 28.7. The summed E-state index contributed by atoms with van der Waals surface area (Å²) >= 11 is 5.73. The summed E-state index contributed by atoms with van der Waals surface area (Å²) in [4.78, 5) is 23.7. The van der Waals surface area contributed by atoms with Crippen LogP contribution in [0.25, 0.3) is 0 Å². The second-order valence-electron chi connectivity index (χ2n) is 8.56. The van der Waals surface area contributed by atoms with E-state index in [9.17, 15) is 30.8 Å². The van der Waals surface area contributed by atoms with Gasteiger partial charge in [0, 0.05) is 44.1 Å². The van der Waals surface area contributed by atoms with Gasteiger partial charge in [0.15, 0.2) is 0 Å². The fourth-order valence-corrected chi connectivity index (χ4v) is 4.53. The molecule has 1 aliphatic rings. The third kappa shape index (κ3) is 9.03. The Morgan fingerprint density at radius 3 is 2.26 bits per heavy atom. The van der Waals surface area contributed by atoms with Crippen molar-refractivity contribution in [2.75, 3.05) is 42.3 Å². The summed E-state index contributed by atoms with van der Waals surface area (Å²) in [5.41, 5.74) is 1.37. The number of halogens is 5. The quantitative estimate of drug-likeness (QED) is 0.367. The number of anilines is 2. The molecule has 0 spiro atoms. The highest BCUT2D eigenvalue weighted by atomic mass is 35.5. The number of piperazine rings is 1. The van der Waals surface area contributed by atoms with Gasteiger partial charge < -0.3 is 20.6 Å². The number of hydrogen-bond donors (Lipinski definition) is 4. The zero-order valence-corrected chi connectivity index (χ0v) is 22.0. The second-order valence-corrected chi connectivity index (χ2v) is 10.6. The fourth-order valence-electron chi connectivity index (χ4n) is 3.21. The molecule has 3 rings (SSSR count). The van der Waals surface area contributed by atoms with Crippen molar-refractivity contribution in [2.45, 2.75) is 24.9 Å². The summed E-state index contributed by atoms with van der Waals surface area (Å²) in [6.45, 7) is 7.57. The van der Waals surface area contributed by atoms with Crippen molar-refractivity contribution >= 4 is 44.9 Å². The highest BCUT2D eigenvalue weighted by molar-refractivity contribution is 7.92. The van der Waals surface area contributed by atoms with Crippen molar-refractivity contribution in [1.29, 1.82) is 0 Å². The van der Waals surface area contributed by atoms with E-state index in [1.165, 1.54) is 6.07 Å². The summed E-state index contributed by atoms with van der Waals surface area (Å²) in [5.74, 6) is -3.46. The van der Waals surface area contributed by atoms with E-state index in [4.69, 9.17) is 21.5 Å². The van der Waals surface area contributed by atoms with E-state index in [2.05, 4.69) is 20.3 Å². The summed E-state index contributed by atoms with van der Waals surface area (Å²) in [6, 6.07) is 8.05. The van der Waals surface area contributed by atoms with Gasteiger partial charge in [0.25, 0.3) is 15.9 Å². The number of carbonyl (C=O) groups excluding carboxylic acids is 1. The molecule has 0 bridgehead atoms. The first kappa shape index (κ1) is 31.1. The van der Waals surface area contributed by atoms with Gasteiger partial charge in [-0.05, 0) is 42.3 Å². The molecular weight excluding hydrogens is 556 g/mol. The smallest absolute Gasteiger partial charge is 0.475 e. The van der Waals surface area contributed by atoms with Gasteiger partial charge in [0.05, 0.1) is 15.5 Å². The lowest BCUT2D eigenvalue weighted by Crippen LogP contribution is -2.44. The lowest BCUT2D eigenvalue weighted by atomic mass is 10.1. The van der Waals surface area contributed by atoms with E-state index < -0.39 is 28.0 Å². The number of sulfonamides is 1. The Balaban J connectivity index is 0.000000638. The predicted octanol–water partition coefficient (Wildman–Crippen LogP) is 3.71. The van der Waals surface area contributed by atoms with Crippen molar-refractivity contribution in [1.82, 2.24) is 10.6 Å². The number of rotatable bonds is 7. The summed E-state index contributed by atoms with van der Waals surface area (Å²) < 4.78 is 73.1. The molecule has 1 fully saturated rings. The van der Waals surface area contributed by atoms with E-state index in [0.717, 1.165) is 50.1 Å². The Morgan fingerprint density at radius 1 is 1.13 bits per heavy atom. The monoisotopic (exact) mass is 582 g/mol. The molecule has 1 amide bonds. The average Bonchev–Trinajstić information content (AvgIpc) is 2.84. The molecule has 1 aliphatic heterocycles. The van der Waals surface area contributed by atoms with E-state index in [0.29, 0.717) is 12.1 Å². The van der Waals surface area contributed by atoms with Crippen LogP contribution in [0.15, 0.2) is 41.3 Å². The van der Waals surface area contributed by atoms with Crippen LogP contribution < -0.4 is 20.3 Å². The molecule has 2 aromatic rings. The summed E-state index contributed by atoms with van der Waals surface area (Å²) in [5, 5.41) is 13.0. The Kier molecular flexibility index (Phi) is 10.7. The van der Waals surface area contributed by atoms with Gasteiger partial charge in [0.1, 0.15) is 5.82 Å². The third-order valence-corrected chi connectivity index (χ3v) is 6.73. The number of nitrogens with one attached hydrogen (secondary N) is 3. The first-order valence-electron chi connectivity index (χ1n) is 11.3. The van der Waals surface area contributed by atoms with E-state index in [1.54, 1.807) is 12.1 Å².